The number of nitrogens with one attached hydrogen (secondary N) is 1. The first-order valence-corrected chi connectivity index (χ1v) is 9.07. The minimum atomic E-state index is -1.02. The number of anilines is 1. The minimum absolute atomic E-state index is 0.225. The molecule has 154 valence electrons. The molecule has 1 atom stereocenters. The standard InChI is InChI=1S/C21H23NO7/c1-12-17(25-3)9-14(10-18(12)26-4)21(24)29-13(2)20(23)22-15-5-6-16-19(11-15)28-8-7-27-16/h5-6,9-11,13H,7-8H2,1-4H3,(H,22,23). The fraction of sp³-hybridized carbons (Fsp3) is 0.333. The van der Waals surface area contributed by atoms with Gasteiger partial charge < -0.3 is 29.0 Å². The third-order valence-corrected chi connectivity index (χ3v) is 4.45. The van der Waals surface area contributed by atoms with Gasteiger partial charge in [0.25, 0.3) is 5.91 Å². The smallest absolute Gasteiger partial charge is 0.339 e. The van der Waals surface area contributed by atoms with E-state index in [1.54, 1.807) is 30.3 Å². The van der Waals surface area contributed by atoms with Crippen LogP contribution in [0.5, 0.6) is 23.0 Å². The molecule has 8 heteroatoms. The van der Waals surface area contributed by atoms with E-state index in [0.29, 0.717) is 41.9 Å². The molecule has 2 aromatic carbocycles. The number of carbonyl (C=O) groups is 2. The monoisotopic (exact) mass is 401 g/mol. The predicted molar refractivity (Wildman–Crippen MR) is 105 cm³/mol. The van der Waals surface area contributed by atoms with E-state index in [9.17, 15) is 9.59 Å². The number of hydrogen-bond acceptors (Lipinski definition) is 7. The highest BCUT2D eigenvalue weighted by atomic mass is 16.6. The molecule has 0 radical (unpaired) electrons. The molecule has 1 aliphatic heterocycles. The summed E-state index contributed by atoms with van der Waals surface area (Å²) in [4.78, 5) is 24.9. The summed E-state index contributed by atoms with van der Waals surface area (Å²) in [6.45, 7) is 4.24. The van der Waals surface area contributed by atoms with Crippen LogP contribution in [0.3, 0.4) is 0 Å². The van der Waals surface area contributed by atoms with Crippen LogP contribution >= 0.6 is 0 Å². The second-order valence-corrected chi connectivity index (χ2v) is 6.40. The van der Waals surface area contributed by atoms with E-state index in [0.717, 1.165) is 5.56 Å². The highest BCUT2D eigenvalue weighted by molar-refractivity contribution is 5.97. The number of fused-ring (bicyclic) bond motifs is 1. The third kappa shape index (κ3) is 4.53. The molecule has 0 fully saturated rings. The van der Waals surface area contributed by atoms with Crippen molar-refractivity contribution < 1.29 is 33.3 Å². The molecule has 8 nitrogen and oxygen atoms in total. The van der Waals surface area contributed by atoms with E-state index in [-0.39, 0.29) is 5.56 Å². The van der Waals surface area contributed by atoms with Gasteiger partial charge in [-0.05, 0) is 38.1 Å². The highest BCUT2D eigenvalue weighted by Crippen LogP contribution is 2.33. The maximum absolute atomic E-state index is 12.5. The van der Waals surface area contributed by atoms with E-state index in [4.69, 9.17) is 23.7 Å². The van der Waals surface area contributed by atoms with Crippen LogP contribution < -0.4 is 24.3 Å². The first kappa shape index (κ1) is 20.3. The number of ether oxygens (including phenoxy) is 5. The van der Waals surface area contributed by atoms with Crippen molar-refractivity contribution in [2.75, 3.05) is 32.8 Å². The Morgan fingerprint density at radius 3 is 2.24 bits per heavy atom. The normalized spacial score (nSPS) is 13.2. The highest BCUT2D eigenvalue weighted by Gasteiger charge is 2.22. The first-order chi connectivity index (χ1) is 13.9. The molecule has 1 unspecified atom stereocenters. The zero-order chi connectivity index (χ0) is 21.0. The summed E-state index contributed by atoms with van der Waals surface area (Å²) in [6.07, 6.45) is -1.02. The van der Waals surface area contributed by atoms with Crippen molar-refractivity contribution in [3.8, 4) is 23.0 Å². The number of amides is 1. The van der Waals surface area contributed by atoms with Crippen molar-refractivity contribution in [2.45, 2.75) is 20.0 Å². The lowest BCUT2D eigenvalue weighted by atomic mass is 10.1. The molecule has 29 heavy (non-hydrogen) atoms. The summed E-state index contributed by atoms with van der Waals surface area (Å²) in [5.41, 5.74) is 1.50. The minimum Gasteiger partial charge on any atom is -0.496 e. The van der Waals surface area contributed by atoms with Crippen molar-refractivity contribution in [3.63, 3.8) is 0 Å². The molecule has 0 aromatic heterocycles. The summed E-state index contributed by atoms with van der Waals surface area (Å²) in [7, 11) is 3.00. The Bertz CT molecular complexity index is 900. The lowest BCUT2D eigenvalue weighted by Gasteiger charge is -2.19. The van der Waals surface area contributed by atoms with Crippen molar-refractivity contribution in [1.29, 1.82) is 0 Å². The van der Waals surface area contributed by atoms with Gasteiger partial charge in [-0.25, -0.2) is 4.79 Å². The Kier molecular flexibility index (Phi) is 6.11. The topological polar surface area (TPSA) is 92.3 Å². The number of esters is 1. The summed E-state index contributed by atoms with van der Waals surface area (Å²) in [5.74, 6) is 1.02. The van der Waals surface area contributed by atoms with Gasteiger partial charge in [0, 0.05) is 17.3 Å². The van der Waals surface area contributed by atoms with E-state index < -0.39 is 18.0 Å². The quantitative estimate of drug-likeness (QED) is 0.744. The molecule has 0 saturated carbocycles. The second kappa shape index (κ2) is 8.72. The average Bonchev–Trinajstić information content (AvgIpc) is 2.73. The molecule has 0 bridgehead atoms. The Labute approximate surface area is 168 Å². The van der Waals surface area contributed by atoms with Crippen LogP contribution in [0.15, 0.2) is 30.3 Å². The summed E-state index contributed by atoms with van der Waals surface area (Å²) in [5, 5.41) is 2.70. The van der Waals surface area contributed by atoms with Crippen LogP contribution in [0.1, 0.15) is 22.8 Å². The van der Waals surface area contributed by atoms with Gasteiger partial charge in [-0.15, -0.1) is 0 Å². The molecule has 2 aromatic rings. The Balaban J connectivity index is 1.67. The van der Waals surface area contributed by atoms with Crippen LogP contribution in [0, 0.1) is 6.92 Å². The average molecular weight is 401 g/mol. The maximum Gasteiger partial charge on any atom is 0.339 e. The lowest BCUT2D eigenvalue weighted by molar-refractivity contribution is -0.123. The Morgan fingerprint density at radius 2 is 1.62 bits per heavy atom. The van der Waals surface area contributed by atoms with Gasteiger partial charge >= 0.3 is 5.97 Å². The maximum atomic E-state index is 12.5. The number of methoxy groups -OCH3 is 2. The van der Waals surface area contributed by atoms with Crippen LogP contribution in [0.2, 0.25) is 0 Å². The van der Waals surface area contributed by atoms with Crippen molar-refractivity contribution in [1.82, 2.24) is 0 Å². The summed E-state index contributed by atoms with van der Waals surface area (Å²) in [6, 6.07) is 8.16. The molecule has 0 spiro atoms. The molecule has 1 heterocycles. The van der Waals surface area contributed by atoms with Gasteiger partial charge in [0.1, 0.15) is 24.7 Å². The van der Waals surface area contributed by atoms with Gasteiger partial charge in [0.05, 0.1) is 19.8 Å². The number of rotatable bonds is 6. The van der Waals surface area contributed by atoms with Crippen LogP contribution in [-0.4, -0.2) is 45.4 Å². The first-order valence-electron chi connectivity index (χ1n) is 9.07. The second-order valence-electron chi connectivity index (χ2n) is 6.40. The predicted octanol–water partition coefficient (Wildman–Crippen LogP) is 2.97. The molecular weight excluding hydrogens is 378 g/mol. The number of benzene rings is 2. The van der Waals surface area contributed by atoms with E-state index in [1.807, 2.05) is 6.92 Å². The summed E-state index contributed by atoms with van der Waals surface area (Å²) >= 11 is 0. The van der Waals surface area contributed by atoms with Crippen LogP contribution in [-0.2, 0) is 9.53 Å². The van der Waals surface area contributed by atoms with Gasteiger partial charge in [-0.2, -0.15) is 0 Å². The lowest BCUT2D eigenvalue weighted by Crippen LogP contribution is -2.30. The zero-order valence-electron chi connectivity index (χ0n) is 16.7. The molecule has 3 rings (SSSR count). The van der Waals surface area contributed by atoms with E-state index >= 15 is 0 Å². The van der Waals surface area contributed by atoms with Gasteiger partial charge in [0.15, 0.2) is 17.6 Å². The number of hydrogen-bond donors (Lipinski definition) is 1. The molecule has 1 N–H and O–H groups in total. The molecular formula is C21H23NO7. The van der Waals surface area contributed by atoms with Gasteiger partial charge in [-0.1, -0.05) is 0 Å². The van der Waals surface area contributed by atoms with Crippen molar-refractivity contribution >= 4 is 17.6 Å². The van der Waals surface area contributed by atoms with E-state index in [2.05, 4.69) is 5.32 Å². The van der Waals surface area contributed by atoms with Crippen molar-refractivity contribution in [3.05, 3.63) is 41.5 Å². The van der Waals surface area contributed by atoms with Crippen molar-refractivity contribution in [2.24, 2.45) is 0 Å². The third-order valence-electron chi connectivity index (χ3n) is 4.45. The SMILES string of the molecule is COc1cc(C(=O)OC(C)C(=O)Nc2ccc3c(c2)OCCO3)cc(OC)c1C. The Hall–Kier alpha value is -3.42. The zero-order valence-corrected chi connectivity index (χ0v) is 16.7. The Morgan fingerprint density at radius 1 is 1.00 bits per heavy atom. The summed E-state index contributed by atoms with van der Waals surface area (Å²) < 4.78 is 26.8. The largest absolute Gasteiger partial charge is 0.496 e. The van der Waals surface area contributed by atoms with E-state index in [1.165, 1.54) is 21.1 Å². The van der Waals surface area contributed by atoms with Crippen LogP contribution in [0.25, 0.3) is 0 Å². The molecule has 0 saturated heterocycles. The number of carbonyl (C=O) groups excluding carboxylic acids is 2. The fourth-order valence-corrected chi connectivity index (χ4v) is 2.85. The molecule has 0 aliphatic carbocycles. The molecule has 1 amide bonds. The fourth-order valence-electron chi connectivity index (χ4n) is 2.85. The van der Waals surface area contributed by atoms with Gasteiger partial charge in [0.2, 0.25) is 0 Å². The van der Waals surface area contributed by atoms with Crippen LogP contribution in [0.4, 0.5) is 5.69 Å². The van der Waals surface area contributed by atoms with Gasteiger partial charge in [-0.3, -0.25) is 4.79 Å². The molecule has 1 aliphatic rings.